The number of ether oxygens (including phenoxy) is 4. The lowest BCUT2D eigenvalue weighted by molar-refractivity contribution is -0.168. The van der Waals surface area contributed by atoms with Crippen molar-refractivity contribution in [1.29, 1.82) is 0 Å². The Labute approximate surface area is 303 Å². The van der Waals surface area contributed by atoms with Gasteiger partial charge in [-0.3, -0.25) is 23.9 Å². The van der Waals surface area contributed by atoms with Crippen molar-refractivity contribution in [2.24, 2.45) is 10.4 Å². The minimum absolute atomic E-state index is 0.0105. The molecule has 0 aliphatic carbocycles. The van der Waals surface area contributed by atoms with Gasteiger partial charge in [-0.25, -0.2) is 14.1 Å². The second-order valence-electron chi connectivity index (χ2n) is 13.1. The summed E-state index contributed by atoms with van der Waals surface area (Å²) in [6.45, 7) is 10.5. The first-order chi connectivity index (χ1) is 24.7. The highest BCUT2D eigenvalue weighted by molar-refractivity contribution is 7.52. The molecule has 1 aliphatic rings. The van der Waals surface area contributed by atoms with Crippen LogP contribution in [-0.2, 0) is 48.0 Å². The van der Waals surface area contributed by atoms with E-state index in [9.17, 15) is 18.9 Å². The van der Waals surface area contributed by atoms with Crippen molar-refractivity contribution in [3.63, 3.8) is 0 Å². The molecule has 3 N–H and O–H groups in total. The zero-order chi connectivity index (χ0) is 38.1. The molecule has 0 saturated carbocycles. The van der Waals surface area contributed by atoms with Gasteiger partial charge < -0.3 is 29.2 Å². The van der Waals surface area contributed by atoms with Crippen LogP contribution in [0.3, 0.4) is 0 Å². The molecule has 17 heteroatoms. The molecule has 1 fully saturated rings. The Kier molecular flexibility index (Phi) is 13.5. The Morgan fingerprint density at radius 1 is 1.12 bits per heavy atom. The maximum Gasteiger partial charge on any atom is 0.459 e. The zero-order valence-corrected chi connectivity index (χ0v) is 31.5. The first kappa shape index (κ1) is 40.4. The number of hydrogen-bond acceptors (Lipinski definition) is 14. The van der Waals surface area contributed by atoms with E-state index in [4.69, 9.17) is 33.7 Å². The fraction of sp³-hybridized carbons (Fsp3) is 0.543. The van der Waals surface area contributed by atoms with Gasteiger partial charge >= 0.3 is 25.7 Å². The van der Waals surface area contributed by atoms with Crippen LogP contribution in [0.15, 0.2) is 53.8 Å². The van der Waals surface area contributed by atoms with Gasteiger partial charge in [0.1, 0.15) is 29.7 Å². The summed E-state index contributed by atoms with van der Waals surface area (Å²) in [4.78, 5) is 47.1. The van der Waals surface area contributed by atoms with Crippen molar-refractivity contribution in [1.82, 2.24) is 19.7 Å². The molecular formula is C35H49N6O10P. The lowest BCUT2D eigenvalue weighted by atomic mass is 9.87. The summed E-state index contributed by atoms with van der Waals surface area (Å²) < 4.78 is 51.8. The van der Waals surface area contributed by atoms with Crippen molar-refractivity contribution in [2.75, 3.05) is 26.0 Å². The van der Waals surface area contributed by atoms with Crippen LogP contribution < -0.4 is 15.3 Å². The average Bonchev–Trinajstić information content (AvgIpc) is 3.68. The molecule has 52 heavy (non-hydrogen) atoms. The zero-order valence-electron chi connectivity index (χ0n) is 30.6. The van der Waals surface area contributed by atoms with Crippen LogP contribution in [0.25, 0.3) is 5.52 Å². The van der Waals surface area contributed by atoms with Gasteiger partial charge in [-0.05, 0) is 43.0 Å². The maximum absolute atomic E-state index is 14.5. The Hall–Kier alpha value is -4.37. The molecule has 6 atom stereocenters. The lowest BCUT2D eigenvalue weighted by Crippen LogP contribution is -2.47. The minimum Gasteiger partial charge on any atom is -0.465 e. The molecule has 2 aromatic heterocycles. The summed E-state index contributed by atoms with van der Waals surface area (Å²) in [5.41, 5.74) is 5.12. The van der Waals surface area contributed by atoms with E-state index in [0.29, 0.717) is 17.6 Å². The SMILES string of the molecule is CCC(=O)O[C@H]1[C@@H](OC(=O)CC)[C@](C=NC)(c2ccc3c(N)ncnn23)O[C@@H]1COP(=O)(N[C@@H](C)C(=O)OCCC(C)(C)CC)Oc1ccccc1. The van der Waals surface area contributed by atoms with Gasteiger partial charge in [-0.1, -0.05) is 59.2 Å². The largest absolute Gasteiger partial charge is 0.465 e. The first-order valence-electron chi connectivity index (χ1n) is 17.2. The summed E-state index contributed by atoms with van der Waals surface area (Å²) in [6.07, 6.45) is 0.294. The molecule has 0 bridgehead atoms. The van der Waals surface area contributed by atoms with E-state index in [2.05, 4.69) is 40.9 Å². The standard InChI is InChI=1S/C35H49N6O10P/c1-8-28(42)48-30-26(50-35(21-37-7,31(30)49-29(43)9-2)27-17-16-25-32(36)38-22-39-41(25)27)20-47-52(45,51-24-14-12-11-13-15-24)40-23(4)33(44)46-19-18-34(5,6)10-3/h11-17,21-23,26,30-31H,8-10,18-20H2,1-7H3,(H,40,45)(H2,36,38,39)/t23-,26+,30+,31+,35-,52?/m0/s1. The summed E-state index contributed by atoms with van der Waals surface area (Å²) in [6, 6.07) is 10.4. The molecule has 284 valence electrons. The summed E-state index contributed by atoms with van der Waals surface area (Å²) >= 11 is 0. The third kappa shape index (κ3) is 9.54. The fourth-order valence-corrected chi connectivity index (χ4v) is 6.92. The Bertz CT molecular complexity index is 1770. The number of aromatic nitrogens is 3. The Balaban J connectivity index is 1.72. The smallest absolute Gasteiger partial charge is 0.459 e. The number of anilines is 1. The van der Waals surface area contributed by atoms with Crippen molar-refractivity contribution >= 4 is 43.2 Å². The first-order valence-corrected chi connectivity index (χ1v) is 18.8. The van der Waals surface area contributed by atoms with E-state index in [1.54, 1.807) is 56.3 Å². The van der Waals surface area contributed by atoms with Gasteiger partial charge in [0.05, 0.1) is 18.9 Å². The molecule has 3 aromatic rings. The number of esters is 3. The van der Waals surface area contributed by atoms with E-state index < -0.39 is 62.2 Å². The molecule has 0 spiro atoms. The van der Waals surface area contributed by atoms with Crippen LogP contribution in [0.4, 0.5) is 5.82 Å². The number of nitrogens with one attached hydrogen (secondary N) is 1. The number of para-hydroxylation sites is 1. The molecule has 3 heterocycles. The summed E-state index contributed by atoms with van der Waals surface area (Å²) in [5.74, 6) is -1.55. The topological polar surface area (TPSA) is 204 Å². The monoisotopic (exact) mass is 744 g/mol. The number of carbonyl (C=O) groups excluding carboxylic acids is 3. The van der Waals surface area contributed by atoms with E-state index in [0.717, 1.165) is 6.42 Å². The van der Waals surface area contributed by atoms with Gasteiger partial charge in [-0.15, -0.1) is 0 Å². The minimum atomic E-state index is -4.41. The number of benzene rings is 1. The third-order valence-corrected chi connectivity index (χ3v) is 10.4. The molecule has 4 rings (SSSR count). The van der Waals surface area contributed by atoms with Gasteiger partial charge in [0, 0.05) is 26.1 Å². The number of carbonyl (C=O) groups is 3. The molecule has 1 aromatic carbocycles. The van der Waals surface area contributed by atoms with Crippen LogP contribution >= 0.6 is 7.75 Å². The molecular weight excluding hydrogens is 695 g/mol. The number of nitrogens with zero attached hydrogens (tertiary/aromatic N) is 4. The van der Waals surface area contributed by atoms with Crippen LogP contribution in [0.1, 0.15) is 72.9 Å². The molecule has 1 unspecified atom stereocenters. The van der Waals surface area contributed by atoms with Gasteiger partial charge in [0.25, 0.3) is 0 Å². The fourth-order valence-electron chi connectivity index (χ4n) is 5.42. The molecule has 16 nitrogen and oxygen atoms in total. The molecule has 1 saturated heterocycles. The van der Waals surface area contributed by atoms with Crippen molar-refractivity contribution in [3.8, 4) is 5.75 Å². The van der Waals surface area contributed by atoms with E-state index in [1.165, 1.54) is 31.0 Å². The van der Waals surface area contributed by atoms with Crippen molar-refractivity contribution < 1.29 is 46.9 Å². The normalized spacial score (nSPS) is 22.2. The number of nitrogens with two attached hydrogens (primary N) is 1. The van der Waals surface area contributed by atoms with E-state index in [-0.39, 0.29) is 36.4 Å². The predicted molar refractivity (Wildman–Crippen MR) is 192 cm³/mol. The van der Waals surface area contributed by atoms with Crippen LogP contribution in [0, 0.1) is 5.41 Å². The van der Waals surface area contributed by atoms with Crippen molar-refractivity contribution in [3.05, 3.63) is 54.5 Å². The predicted octanol–water partition coefficient (Wildman–Crippen LogP) is 4.80. The number of nitrogen functional groups attached to an aromatic ring is 1. The highest BCUT2D eigenvalue weighted by atomic mass is 31.2. The second kappa shape index (κ2) is 17.4. The number of rotatable bonds is 18. The molecule has 1 aliphatic heterocycles. The third-order valence-electron chi connectivity index (χ3n) is 8.80. The highest BCUT2D eigenvalue weighted by Gasteiger charge is 2.61. The Morgan fingerprint density at radius 2 is 1.81 bits per heavy atom. The maximum atomic E-state index is 14.5. The number of fused-ring (bicyclic) bond motifs is 1. The van der Waals surface area contributed by atoms with Crippen LogP contribution in [-0.4, -0.2) is 83.3 Å². The summed E-state index contributed by atoms with van der Waals surface area (Å²) in [5, 5.41) is 7.02. The van der Waals surface area contributed by atoms with Crippen LogP contribution in [0.2, 0.25) is 0 Å². The van der Waals surface area contributed by atoms with Gasteiger partial charge in [0.15, 0.2) is 23.6 Å². The van der Waals surface area contributed by atoms with Crippen molar-refractivity contribution in [2.45, 2.75) is 97.2 Å². The highest BCUT2D eigenvalue weighted by Crippen LogP contribution is 2.48. The summed E-state index contributed by atoms with van der Waals surface area (Å²) in [7, 11) is -2.92. The van der Waals surface area contributed by atoms with E-state index in [1.807, 2.05) is 0 Å². The molecule has 0 amide bonds. The average molecular weight is 745 g/mol. The second-order valence-corrected chi connectivity index (χ2v) is 14.7. The quantitative estimate of drug-likeness (QED) is 0.0778. The number of aliphatic imine (C=N–C) groups is 1. The Morgan fingerprint density at radius 3 is 2.46 bits per heavy atom. The number of hydrogen-bond donors (Lipinski definition) is 2. The van der Waals surface area contributed by atoms with Gasteiger partial charge in [0.2, 0.25) is 0 Å². The van der Waals surface area contributed by atoms with Gasteiger partial charge in [-0.2, -0.15) is 10.2 Å². The lowest BCUT2D eigenvalue weighted by Gasteiger charge is -2.31. The molecule has 0 radical (unpaired) electrons. The van der Waals surface area contributed by atoms with Crippen LogP contribution in [0.5, 0.6) is 5.75 Å². The van der Waals surface area contributed by atoms with E-state index >= 15 is 0 Å².